The highest BCUT2D eigenvalue weighted by Gasteiger charge is 2.19. The number of pyridine rings is 1. The van der Waals surface area contributed by atoms with Gasteiger partial charge >= 0.3 is 0 Å². The summed E-state index contributed by atoms with van der Waals surface area (Å²) in [6.45, 7) is 4.46. The first kappa shape index (κ1) is 14.3. The summed E-state index contributed by atoms with van der Waals surface area (Å²) in [7, 11) is 2.14. The second-order valence-corrected chi connectivity index (χ2v) is 6.56. The van der Waals surface area contributed by atoms with E-state index in [-0.39, 0.29) is 0 Å². The normalized spacial score (nSPS) is 16.1. The molecule has 110 valence electrons. The summed E-state index contributed by atoms with van der Waals surface area (Å²) in [5.41, 5.74) is 7.00. The number of benzene rings is 1. The van der Waals surface area contributed by atoms with Crippen LogP contribution >= 0.6 is 0 Å². The van der Waals surface area contributed by atoms with E-state index >= 15 is 0 Å². The monoisotopic (exact) mass is 280 g/mol. The van der Waals surface area contributed by atoms with Gasteiger partial charge in [-0.3, -0.25) is 0 Å². The van der Waals surface area contributed by atoms with Crippen LogP contribution in [0.2, 0.25) is 0 Å². The molecule has 21 heavy (non-hydrogen) atoms. The van der Waals surface area contributed by atoms with Crippen molar-refractivity contribution in [1.29, 1.82) is 0 Å². The molecular weight excluding hydrogens is 254 g/mol. The van der Waals surface area contributed by atoms with Crippen LogP contribution in [-0.4, -0.2) is 0 Å². The zero-order chi connectivity index (χ0) is 14.8. The van der Waals surface area contributed by atoms with Crippen molar-refractivity contribution < 1.29 is 4.57 Å². The van der Waals surface area contributed by atoms with Crippen molar-refractivity contribution in [3.8, 4) is 11.3 Å². The SMILES string of the molecule is Cc1cc(C2CCCCC2)ccc1-c1c(C)ccc[n+]1C. The third-order valence-corrected chi connectivity index (χ3v) is 4.96. The molecule has 1 saturated carbocycles. The number of hydrogen-bond donors (Lipinski definition) is 0. The van der Waals surface area contributed by atoms with Gasteiger partial charge in [-0.25, -0.2) is 4.57 Å². The Kier molecular flexibility index (Phi) is 4.10. The highest BCUT2D eigenvalue weighted by atomic mass is 14.9. The van der Waals surface area contributed by atoms with Gasteiger partial charge in [-0.2, -0.15) is 0 Å². The van der Waals surface area contributed by atoms with Gasteiger partial charge in [0.1, 0.15) is 7.05 Å². The van der Waals surface area contributed by atoms with Crippen molar-refractivity contribution in [2.24, 2.45) is 7.05 Å². The second kappa shape index (κ2) is 6.01. The molecule has 1 aliphatic carbocycles. The van der Waals surface area contributed by atoms with Gasteiger partial charge in [0.2, 0.25) is 5.69 Å². The minimum absolute atomic E-state index is 0.789. The Balaban J connectivity index is 1.98. The molecule has 1 aromatic carbocycles. The molecule has 0 radical (unpaired) electrons. The average molecular weight is 280 g/mol. The summed E-state index contributed by atoms with van der Waals surface area (Å²) in [4.78, 5) is 0. The van der Waals surface area contributed by atoms with E-state index in [9.17, 15) is 0 Å². The lowest BCUT2D eigenvalue weighted by Gasteiger charge is -2.22. The zero-order valence-corrected chi connectivity index (χ0v) is 13.5. The van der Waals surface area contributed by atoms with Crippen LogP contribution in [0.1, 0.15) is 54.7 Å². The number of hydrogen-bond acceptors (Lipinski definition) is 0. The van der Waals surface area contributed by atoms with Crippen LogP contribution < -0.4 is 4.57 Å². The first-order valence-corrected chi connectivity index (χ1v) is 8.23. The molecule has 0 aliphatic heterocycles. The third-order valence-electron chi connectivity index (χ3n) is 4.96. The Morgan fingerprint density at radius 1 is 0.952 bits per heavy atom. The molecule has 1 heterocycles. The minimum Gasteiger partial charge on any atom is -0.201 e. The topological polar surface area (TPSA) is 3.88 Å². The summed E-state index contributed by atoms with van der Waals surface area (Å²) in [5.74, 6) is 0.789. The van der Waals surface area contributed by atoms with Crippen molar-refractivity contribution in [1.82, 2.24) is 0 Å². The lowest BCUT2D eigenvalue weighted by molar-refractivity contribution is -0.660. The highest BCUT2D eigenvalue weighted by Crippen LogP contribution is 2.34. The first-order chi connectivity index (χ1) is 10.2. The summed E-state index contributed by atoms with van der Waals surface area (Å²) >= 11 is 0. The minimum atomic E-state index is 0.789. The molecule has 0 N–H and O–H groups in total. The number of aryl methyl sites for hydroxylation is 3. The number of rotatable bonds is 2. The largest absolute Gasteiger partial charge is 0.215 e. The maximum Gasteiger partial charge on any atom is 0.215 e. The van der Waals surface area contributed by atoms with Crippen molar-refractivity contribution in [3.05, 3.63) is 53.2 Å². The summed E-state index contributed by atoms with van der Waals surface area (Å²) < 4.78 is 2.23. The lowest BCUT2D eigenvalue weighted by atomic mass is 9.83. The maximum atomic E-state index is 2.43. The smallest absolute Gasteiger partial charge is 0.201 e. The van der Waals surface area contributed by atoms with Gasteiger partial charge in [0.25, 0.3) is 0 Å². The maximum absolute atomic E-state index is 2.43. The molecular formula is C20H26N+. The van der Waals surface area contributed by atoms with E-state index in [1.54, 1.807) is 5.56 Å². The number of nitrogens with zero attached hydrogens (tertiary/aromatic N) is 1. The Hall–Kier alpha value is -1.63. The molecule has 1 heteroatoms. The molecule has 0 saturated heterocycles. The lowest BCUT2D eigenvalue weighted by Crippen LogP contribution is -2.31. The van der Waals surface area contributed by atoms with E-state index in [1.807, 2.05) is 0 Å². The molecule has 0 atom stereocenters. The van der Waals surface area contributed by atoms with E-state index in [2.05, 4.69) is 62.0 Å². The Morgan fingerprint density at radius 3 is 2.38 bits per heavy atom. The molecule has 3 rings (SSSR count). The average Bonchev–Trinajstić information content (AvgIpc) is 2.49. The Bertz CT molecular complexity index is 616. The number of aromatic nitrogens is 1. The van der Waals surface area contributed by atoms with E-state index in [0.29, 0.717) is 0 Å². The van der Waals surface area contributed by atoms with Crippen LogP contribution in [0.5, 0.6) is 0 Å². The van der Waals surface area contributed by atoms with E-state index in [1.165, 1.54) is 54.5 Å². The predicted molar refractivity (Wildman–Crippen MR) is 88.4 cm³/mol. The fourth-order valence-electron chi connectivity index (χ4n) is 3.79. The fraction of sp³-hybridized carbons (Fsp3) is 0.450. The van der Waals surface area contributed by atoms with E-state index in [0.717, 1.165) is 5.92 Å². The first-order valence-electron chi connectivity index (χ1n) is 8.23. The van der Waals surface area contributed by atoms with E-state index < -0.39 is 0 Å². The van der Waals surface area contributed by atoms with Crippen molar-refractivity contribution in [3.63, 3.8) is 0 Å². The standard InChI is InChI=1S/C20H26N/c1-15-8-7-13-21(3)20(15)19-12-11-18(14-16(19)2)17-9-5-4-6-10-17/h7-8,11-14,17H,4-6,9-10H2,1-3H3/q+1. The second-order valence-electron chi connectivity index (χ2n) is 6.56. The van der Waals surface area contributed by atoms with Crippen LogP contribution in [0.25, 0.3) is 11.3 Å². The Labute approximate surface area is 128 Å². The van der Waals surface area contributed by atoms with Gasteiger partial charge in [-0.1, -0.05) is 31.4 Å². The fourth-order valence-corrected chi connectivity index (χ4v) is 3.79. The van der Waals surface area contributed by atoms with Gasteiger partial charge < -0.3 is 0 Å². The molecule has 1 fully saturated rings. The van der Waals surface area contributed by atoms with E-state index in [4.69, 9.17) is 0 Å². The van der Waals surface area contributed by atoms with Gasteiger partial charge in [-0.15, -0.1) is 0 Å². The van der Waals surface area contributed by atoms with Crippen molar-refractivity contribution in [2.45, 2.75) is 51.9 Å². The van der Waals surface area contributed by atoms with Gasteiger partial charge in [0.15, 0.2) is 6.20 Å². The quantitative estimate of drug-likeness (QED) is 0.693. The van der Waals surface area contributed by atoms with Crippen LogP contribution in [0, 0.1) is 13.8 Å². The zero-order valence-electron chi connectivity index (χ0n) is 13.5. The predicted octanol–water partition coefficient (Wildman–Crippen LogP) is 4.84. The molecule has 1 nitrogen and oxygen atoms in total. The van der Waals surface area contributed by atoms with Gasteiger partial charge in [0.05, 0.1) is 0 Å². The van der Waals surface area contributed by atoms with Gasteiger partial charge in [-0.05, 0) is 55.9 Å². The van der Waals surface area contributed by atoms with Gasteiger partial charge in [0, 0.05) is 17.2 Å². The molecule has 1 aliphatic rings. The highest BCUT2D eigenvalue weighted by molar-refractivity contribution is 5.64. The van der Waals surface area contributed by atoms with Crippen molar-refractivity contribution in [2.75, 3.05) is 0 Å². The molecule has 0 amide bonds. The molecule has 0 unspecified atom stereocenters. The molecule has 0 bridgehead atoms. The molecule has 0 spiro atoms. The summed E-state index contributed by atoms with van der Waals surface area (Å²) in [6.07, 6.45) is 9.10. The summed E-state index contributed by atoms with van der Waals surface area (Å²) in [6, 6.07) is 11.4. The van der Waals surface area contributed by atoms with Crippen LogP contribution in [0.15, 0.2) is 36.5 Å². The summed E-state index contributed by atoms with van der Waals surface area (Å²) in [5, 5.41) is 0. The Morgan fingerprint density at radius 2 is 1.71 bits per heavy atom. The van der Waals surface area contributed by atoms with Crippen LogP contribution in [0.4, 0.5) is 0 Å². The third kappa shape index (κ3) is 2.88. The van der Waals surface area contributed by atoms with Crippen LogP contribution in [-0.2, 0) is 7.05 Å². The molecule has 1 aromatic heterocycles. The molecule has 2 aromatic rings. The van der Waals surface area contributed by atoms with Crippen LogP contribution in [0.3, 0.4) is 0 Å². The van der Waals surface area contributed by atoms with Crippen molar-refractivity contribution >= 4 is 0 Å².